The largest absolute Gasteiger partial charge is 0.394 e. The van der Waals surface area contributed by atoms with Crippen molar-refractivity contribution in [3.05, 3.63) is 65.7 Å². The van der Waals surface area contributed by atoms with Crippen molar-refractivity contribution in [2.24, 2.45) is 0 Å². The van der Waals surface area contributed by atoms with Gasteiger partial charge in [-0.25, -0.2) is 0 Å². The summed E-state index contributed by atoms with van der Waals surface area (Å²) in [4.78, 5) is 26.1. The number of nitrogens with zero attached hydrogens (tertiary/aromatic N) is 1. The molecule has 6 heteroatoms. The van der Waals surface area contributed by atoms with Crippen LogP contribution in [-0.2, 0) is 9.53 Å². The number of morpholine rings is 1. The van der Waals surface area contributed by atoms with Crippen molar-refractivity contribution < 1.29 is 19.4 Å². The Kier molecular flexibility index (Phi) is 5.88. The maximum atomic E-state index is 12.2. The van der Waals surface area contributed by atoms with Gasteiger partial charge in [0.25, 0.3) is 5.91 Å². The van der Waals surface area contributed by atoms with Gasteiger partial charge in [-0.2, -0.15) is 0 Å². The van der Waals surface area contributed by atoms with E-state index in [2.05, 4.69) is 5.32 Å². The molecule has 0 spiro atoms. The van der Waals surface area contributed by atoms with Gasteiger partial charge in [0.05, 0.1) is 12.6 Å². The number of benzene rings is 2. The second-order valence-electron chi connectivity index (χ2n) is 6.82. The first-order valence-electron chi connectivity index (χ1n) is 9.01. The summed E-state index contributed by atoms with van der Waals surface area (Å²) < 4.78 is 5.71. The highest BCUT2D eigenvalue weighted by atomic mass is 16.5. The normalized spacial score (nSPS) is 20.0. The Balaban J connectivity index is 1.74. The van der Waals surface area contributed by atoms with Gasteiger partial charge in [-0.3, -0.25) is 9.59 Å². The maximum absolute atomic E-state index is 12.2. The highest BCUT2D eigenvalue weighted by molar-refractivity contribution is 6.04. The molecular formula is C21H24N2O4. The Morgan fingerprint density at radius 2 is 1.85 bits per heavy atom. The van der Waals surface area contributed by atoms with E-state index < -0.39 is 12.1 Å². The van der Waals surface area contributed by atoms with Crippen molar-refractivity contribution in [1.29, 1.82) is 0 Å². The summed E-state index contributed by atoms with van der Waals surface area (Å²) in [6.45, 7) is 3.66. The molecule has 0 bridgehead atoms. The Bertz CT molecular complexity index is 790. The number of hydrogen-bond donors (Lipinski definition) is 2. The number of anilines is 1. The average molecular weight is 368 g/mol. The third-order valence-electron chi connectivity index (χ3n) is 4.66. The number of aliphatic hydroxyl groups excluding tert-OH is 1. The first-order valence-corrected chi connectivity index (χ1v) is 9.01. The Hall–Kier alpha value is -2.70. The van der Waals surface area contributed by atoms with E-state index in [1.165, 1.54) is 0 Å². The van der Waals surface area contributed by atoms with Crippen LogP contribution in [0.25, 0.3) is 0 Å². The quantitative estimate of drug-likeness (QED) is 0.850. The van der Waals surface area contributed by atoms with E-state index in [1.807, 2.05) is 44.2 Å². The molecule has 3 rings (SSSR count). The Labute approximate surface area is 158 Å². The molecule has 2 aromatic carbocycles. The molecule has 1 heterocycles. The summed E-state index contributed by atoms with van der Waals surface area (Å²) in [5, 5.41) is 12.7. The second-order valence-corrected chi connectivity index (χ2v) is 6.82. The van der Waals surface area contributed by atoms with Crippen LogP contribution in [0.5, 0.6) is 0 Å². The van der Waals surface area contributed by atoms with Crippen LogP contribution in [0, 0.1) is 0 Å². The lowest BCUT2D eigenvalue weighted by Crippen LogP contribution is -2.55. The van der Waals surface area contributed by atoms with Crippen molar-refractivity contribution in [1.82, 2.24) is 4.90 Å². The van der Waals surface area contributed by atoms with Crippen LogP contribution in [0.2, 0.25) is 0 Å². The van der Waals surface area contributed by atoms with Gasteiger partial charge >= 0.3 is 0 Å². The molecule has 0 radical (unpaired) electrons. The minimum Gasteiger partial charge on any atom is -0.394 e. The van der Waals surface area contributed by atoms with Crippen molar-refractivity contribution in [2.45, 2.75) is 32.0 Å². The number of ether oxygens (including phenoxy) is 1. The fourth-order valence-corrected chi connectivity index (χ4v) is 3.40. The van der Waals surface area contributed by atoms with Crippen LogP contribution in [0.3, 0.4) is 0 Å². The molecule has 0 aliphatic carbocycles. The third kappa shape index (κ3) is 4.18. The highest BCUT2D eigenvalue weighted by Gasteiger charge is 2.38. The summed E-state index contributed by atoms with van der Waals surface area (Å²) in [5.41, 5.74) is 2.11. The van der Waals surface area contributed by atoms with E-state index in [1.54, 1.807) is 29.2 Å². The van der Waals surface area contributed by atoms with Crippen LogP contribution < -0.4 is 5.32 Å². The average Bonchev–Trinajstić information content (AvgIpc) is 2.68. The van der Waals surface area contributed by atoms with Crippen LogP contribution in [0.1, 0.15) is 35.9 Å². The highest BCUT2D eigenvalue weighted by Crippen LogP contribution is 2.31. The number of hydrogen-bond acceptors (Lipinski definition) is 4. The Morgan fingerprint density at radius 3 is 2.44 bits per heavy atom. The molecule has 6 nitrogen and oxygen atoms in total. The van der Waals surface area contributed by atoms with E-state index in [0.717, 1.165) is 5.56 Å². The molecule has 27 heavy (non-hydrogen) atoms. The molecular weight excluding hydrogens is 344 g/mol. The Morgan fingerprint density at radius 1 is 1.19 bits per heavy atom. The van der Waals surface area contributed by atoms with Gasteiger partial charge in [0.15, 0.2) is 0 Å². The monoisotopic (exact) mass is 368 g/mol. The number of nitrogens with one attached hydrogen (secondary N) is 1. The molecule has 142 valence electrons. The van der Waals surface area contributed by atoms with Crippen molar-refractivity contribution in [3.8, 4) is 0 Å². The van der Waals surface area contributed by atoms with Crippen molar-refractivity contribution in [3.63, 3.8) is 0 Å². The van der Waals surface area contributed by atoms with E-state index in [0.29, 0.717) is 11.3 Å². The minimum absolute atomic E-state index is 0.00809. The molecule has 1 saturated heterocycles. The summed E-state index contributed by atoms with van der Waals surface area (Å²) in [7, 11) is 0. The fraction of sp³-hybridized carbons (Fsp3) is 0.333. The smallest absolute Gasteiger partial charge is 0.255 e. The summed E-state index contributed by atoms with van der Waals surface area (Å²) >= 11 is 0. The van der Waals surface area contributed by atoms with Gasteiger partial charge in [-0.15, -0.1) is 0 Å². The van der Waals surface area contributed by atoms with Gasteiger partial charge in [-0.05, 0) is 43.7 Å². The van der Waals surface area contributed by atoms with Gasteiger partial charge < -0.3 is 20.1 Å². The molecule has 1 aliphatic rings. The van der Waals surface area contributed by atoms with Crippen LogP contribution in [0.15, 0.2) is 54.6 Å². The predicted octanol–water partition coefficient (Wildman–Crippen LogP) is 2.61. The SMILES string of the molecule is CC(C)N1C(=O)COC(c2ccc(NC(=O)c3ccccc3)cc2)C1CO. The molecule has 0 saturated carbocycles. The lowest BCUT2D eigenvalue weighted by Gasteiger charge is -2.42. The zero-order valence-corrected chi connectivity index (χ0v) is 15.5. The lowest BCUT2D eigenvalue weighted by molar-refractivity contribution is -0.164. The summed E-state index contributed by atoms with van der Waals surface area (Å²) in [6, 6.07) is 15.8. The minimum atomic E-state index is -0.434. The van der Waals surface area contributed by atoms with Gasteiger partial charge in [0, 0.05) is 17.3 Å². The van der Waals surface area contributed by atoms with E-state index >= 15 is 0 Å². The molecule has 2 amide bonds. The van der Waals surface area contributed by atoms with E-state index in [4.69, 9.17) is 4.74 Å². The number of aliphatic hydroxyl groups is 1. The number of carbonyl (C=O) groups is 2. The first kappa shape index (κ1) is 19.1. The molecule has 1 aliphatic heterocycles. The molecule has 2 unspecified atom stereocenters. The zero-order chi connectivity index (χ0) is 19.4. The topological polar surface area (TPSA) is 78.9 Å². The molecule has 2 N–H and O–H groups in total. The molecule has 2 aromatic rings. The number of rotatable bonds is 5. The van der Waals surface area contributed by atoms with Crippen LogP contribution in [0.4, 0.5) is 5.69 Å². The maximum Gasteiger partial charge on any atom is 0.255 e. The number of carbonyl (C=O) groups excluding carboxylic acids is 2. The molecule has 0 aromatic heterocycles. The second kappa shape index (κ2) is 8.33. The van der Waals surface area contributed by atoms with Crippen molar-refractivity contribution in [2.75, 3.05) is 18.5 Å². The molecule has 1 fully saturated rings. The fourth-order valence-electron chi connectivity index (χ4n) is 3.40. The van der Waals surface area contributed by atoms with Gasteiger partial charge in [0.2, 0.25) is 5.91 Å². The summed E-state index contributed by atoms with van der Waals surface area (Å²) in [5.74, 6) is -0.297. The number of amides is 2. The van der Waals surface area contributed by atoms with E-state index in [-0.39, 0.29) is 31.1 Å². The standard InChI is InChI=1S/C21H24N2O4/c1-14(2)23-18(12-24)20(27-13-19(23)25)15-8-10-17(11-9-15)22-21(26)16-6-4-3-5-7-16/h3-11,14,18,20,24H,12-13H2,1-2H3,(H,22,26). The van der Waals surface area contributed by atoms with Crippen LogP contribution >= 0.6 is 0 Å². The van der Waals surface area contributed by atoms with Gasteiger partial charge in [0.1, 0.15) is 12.7 Å². The third-order valence-corrected chi connectivity index (χ3v) is 4.66. The van der Waals surface area contributed by atoms with E-state index in [9.17, 15) is 14.7 Å². The van der Waals surface area contributed by atoms with Gasteiger partial charge in [-0.1, -0.05) is 30.3 Å². The predicted molar refractivity (Wildman–Crippen MR) is 102 cm³/mol. The van der Waals surface area contributed by atoms with Crippen LogP contribution in [-0.4, -0.2) is 47.1 Å². The lowest BCUT2D eigenvalue weighted by atomic mass is 9.98. The van der Waals surface area contributed by atoms with Crippen molar-refractivity contribution >= 4 is 17.5 Å². The summed E-state index contributed by atoms with van der Waals surface area (Å²) in [6.07, 6.45) is -0.408. The first-order chi connectivity index (χ1) is 13.0. The zero-order valence-electron chi connectivity index (χ0n) is 15.5. The molecule has 2 atom stereocenters.